The zero-order valence-corrected chi connectivity index (χ0v) is 28.4. The molecular formula is C34H48N7O5+. The molecule has 0 saturated carbocycles. The number of fused-ring (bicyclic) bond motifs is 1. The van der Waals surface area contributed by atoms with E-state index in [-0.39, 0.29) is 42.6 Å². The van der Waals surface area contributed by atoms with Crippen LogP contribution in [0, 0.1) is 13.8 Å². The lowest BCUT2D eigenvalue weighted by molar-refractivity contribution is -0.148. The number of carbonyl (C=O) groups excluding carboxylic acids is 3. The predicted molar refractivity (Wildman–Crippen MR) is 176 cm³/mol. The van der Waals surface area contributed by atoms with Crippen molar-refractivity contribution in [1.82, 2.24) is 29.5 Å². The lowest BCUT2D eigenvalue weighted by Crippen LogP contribution is -2.63. The molecule has 0 spiro atoms. The van der Waals surface area contributed by atoms with E-state index in [1.54, 1.807) is 23.9 Å². The molecule has 1 aliphatic heterocycles. The Bertz CT molecular complexity index is 1560. The third-order valence-corrected chi connectivity index (χ3v) is 8.32. The summed E-state index contributed by atoms with van der Waals surface area (Å²) in [6, 6.07) is 13.7. The van der Waals surface area contributed by atoms with E-state index in [0.29, 0.717) is 36.1 Å². The van der Waals surface area contributed by atoms with Gasteiger partial charge in [-0.3, -0.25) is 19.1 Å². The Morgan fingerprint density at radius 2 is 1.78 bits per heavy atom. The van der Waals surface area contributed by atoms with Gasteiger partial charge in [-0.1, -0.05) is 41.6 Å². The maximum Gasteiger partial charge on any atom is 0.410 e. The summed E-state index contributed by atoms with van der Waals surface area (Å²) in [4.78, 5) is 46.5. The van der Waals surface area contributed by atoms with Crippen LogP contribution in [-0.2, 0) is 27.3 Å². The number of aromatic nitrogens is 2. The molecule has 2 heterocycles. The van der Waals surface area contributed by atoms with Gasteiger partial charge in [-0.05, 0) is 59.1 Å². The van der Waals surface area contributed by atoms with Gasteiger partial charge in [-0.25, -0.2) is 9.80 Å². The van der Waals surface area contributed by atoms with Crippen molar-refractivity contribution in [1.29, 1.82) is 0 Å². The van der Waals surface area contributed by atoms with E-state index in [9.17, 15) is 14.4 Å². The number of hydrogen-bond donors (Lipinski definition) is 1. The third-order valence-electron chi connectivity index (χ3n) is 8.32. The largest absolute Gasteiger partial charge is 0.444 e. The number of amides is 3. The Morgan fingerprint density at radius 3 is 2.39 bits per heavy atom. The van der Waals surface area contributed by atoms with Gasteiger partial charge in [0.05, 0.1) is 6.54 Å². The maximum atomic E-state index is 14.3. The van der Waals surface area contributed by atoms with Crippen LogP contribution in [0.4, 0.5) is 10.5 Å². The molecule has 1 aliphatic rings. The van der Waals surface area contributed by atoms with Crippen LogP contribution in [0.1, 0.15) is 57.2 Å². The second kappa shape index (κ2) is 14.0. The fourth-order valence-corrected chi connectivity index (χ4v) is 5.92. The third kappa shape index (κ3) is 8.29. The second-order valence-electron chi connectivity index (χ2n) is 13.4. The topological polar surface area (TPSA) is 135 Å². The van der Waals surface area contributed by atoms with Crippen molar-refractivity contribution in [3.05, 3.63) is 65.0 Å². The van der Waals surface area contributed by atoms with Crippen molar-refractivity contribution >= 4 is 23.6 Å². The summed E-state index contributed by atoms with van der Waals surface area (Å²) in [6.45, 7) is 14.4. The van der Waals surface area contributed by atoms with Crippen LogP contribution in [0.3, 0.4) is 0 Å². The first-order valence-corrected chi connectivity index (χ1v) is 15.7. The van der Waals surface area contributed by atoms with Crippen molar-refractivity contribution in [2.45, 2.75) is 73.1 Å². The number of carbonyl (C=O) groups is 3. The Morgan fingerprint density at radius 1 is 1.09 bits per heavy atom. The Balaban J connectivity index is 1.75. The maximum absolute atomic E-state index is 14.3. The van der Waals surface area contributed by atoms with Gasteiger partial charge in [0.2, 0.25) is 11.7 Å². The number of hydrazine groups is 1. The quantitative estimate of drug-likeness (QED) is 0.310. The summed E-state index contributed by atoms with van der Waals surface area (Å²) in [5, 5.41) is 7.76. The Labute approximate surface area is 271 Å². The molecule has 1 unspecified atom stereocenters. The Hall–Kier alpha value is -4.29. The highest BCUT2D eigenvalue weighted by atomic mass is 16.6. The number of nitrogens with zero attached hydrogens (tertiary/aromatic N) is 6. The van der Waals surface area contributed by atoms with E-state index in [1.807, 2.05) is 76.9 Å². The predicted octanol–water partition coefficient (Wildman–Crippen LogP) is 4.22. The molecule has 0 radical (unpaired) electrons. The zero-order chi connectivity index (χ0) is 33.8. The number of nitrogens with two attached hydrogens (primary N) is 1. The fraction of sp³-hybridized carbons (Fsp3) is 0.500. The first-order chi connectivity index (χ1) is 21.6. The molecule has 0 saturated heterocycles. The van der Waals surface area contributed by atoms with Crippen molar-refractivity contribution in [3.63, 3.8) is 0 Å². The van der Waals surface area contributed by atoms with Gasteiger partial charge in [-0.15, -0.1) is 0 Å². The molecule has 3 aromatic rings. The molecule has 3 amide bonds. The van der Waals surface area contributed by atoms with Gasteiger partial charge in [0.15, 0.2) is 13.1 Å². The van der Waals surface area contributed by atoms with Gasteiger partial charge < -0.3 is 19.9 Å². The van der Waals surface area contributed by atoms with Crippen molar-refractivity contribution < 1.29 is 23.6 Å². The number of quaternary nitrogens is 1. The molecular weight excluding hydrogens is 586 g/mol. The summed E-state index contributed by atoms with van der Waals surface area (Å²) in [6.07, 6.45) is 0.349. The second-order valence-corrected chi connectivity index (χ2v) is 13.4. The first kappa shape index (κ1) is 34.6. The van der Waals surface area contributed by atoms with Gasteiger partial charge in [-0.2, -0.15) is 4.98 Å². The van der Waals surface area contributed by atoms with Crippen LogP contribution >= 0.6 is 0 Å². The number of primary amides is 1. The highest BCUT2D eigenvalue weighted by Crippen LogP contribution is 2.33. The monoisotopic (exact) mass is 634 g/mol. The summed E-state index contributed by atoms with van der Waals surface area (Å²) in [5.74, 6) is 0.0499. The molecule has 2 N–H and O–H groups in total. The SMILES string of the molecule is Cc1nc(-c2ccc(C)c([N+](CCN(C(=O)OC(C)(C)C)C(C)C)(CC(N)=O)CC(=O)N(C)N3CCc4ccccc4C3)c2)no1. The first-order valence-electron chi connectivity index (χ1n) is 15.7. The van der Waals surface area contributed by atoms with Crippen LogP contribution in [0.2, 0.25) is 0 Å². The van der Waals surface area contributed by atoms with Crippen LogP contribution in [-0.4, -0.2) is 94.4 Å². The number of benzene rings is 2. The van der Waals surface area contributed by atoms with Crippen LogP contribution < -0.4 is 10.2 Å². The molecule has 0 bridgehead atoms. The van der Waals surface area contributed by atoms with Gasteiger partial charge in [0.25, 0.3) is 11.8 Å². The van der Waals surface area contributed by atoms with Gasteiger partial charge in [0.1, 0.15) is 17.8 Å². The molecule has 0 fully saturated rings. The minimum Gasteiger partial charge on any atom is -0.444 e. The summed E-state index contributed by atoms with van der Waals surface area (Å²) in [7, 11) is 1.77. The molecule has 0 aliphatic carbocycles. The van der Waals surface area contributed by atoms with Crippen molar-refractivity contribution in [2.24, 2.45) is 5.73 Å². The number of likely N-dealkylation sites (N-methyl/N-ethyl adjacent to an activating group) is 1. The average Bonchev–Trinajstić information content (AvgIpc) is 3.41. The van der Waals surface area contributed by atoms with E-state index in [0.717, 1.165) is 12.0 Å². The van der Waals surface area contributed by atoms with Gasteiger partial charge in [0, 0.05) is 50.3 Å². The zero-order valence-electron chi connectivity index (χ0n) is 28.4. The summed E-state index contributed by atoms with van der Waals surface area (Å²) < 4.78 is 10.8. The van der Waals surface area contributed by atoms with Gasteiger partial charge >= 0.3 is 6.09 Å². The minimum absolute atomic E-state index is 0.0760. The van der Waals surface area contributed by atoms with E-state index >= 15 is 0 Å². The number of ether oxygens (including phenoxy) is 1. The molecule has 1 atom stereocenters. The van der Waals surface area contributed by atoms with Crippen LogP contribution in [0.25, 0.3) is 11.4 Å². The van der Waals surface area contributed by atoms with Crippen molar-refractivity contribution in [3.8, 4) is 11.4 Å². The lowest BCUT2D eigenvalue weighted by atomic mass is 10.0. The standard InChI is InChI=1S/C34H47N7O5/c1-23(2)40(33(44)45-34(5,6)7)17-18-41(21-30(35)42,29-19-27(14-13-24(29)3)32-36-25(4)46-37-32)22-31(43)38(8)39-16-15-26-11-9-10-12-28(26)20-39/h9-14,19,23H,15-18,20-22H2,1-8H3,(H-,35,42)/p+1. The van der Waals surface area contributed by atoms with Crippen molar-refractivity contribution in [2.75, 3.05) is 39.8 Å². The van der Waals surface area contributed by atoms with E-state index in [4.69, 9.17) is 15.0 Å². The average molecular weight is 635 g/mol. The van der Waals surface area contributed by atoms with E-state index < -0.39 is 17.6 Å². The minimum atomic E-state index is -0.692. The lowest BCUT2D eigenvalue weighted by Gasteiger charge is -2.42. The normalized spacial score (nSPS) is 14.8. The summed E-state index contributed by atoms with van der Waals surface area (Å²) in [5.41, 5.74) is 9.93. The van der Waals surface area contributed by atoms with Crippen LogP contribution in [0.5, 0.6) is 0 Å². The molecule has 12 heteroatoms. The molecule has 46 heavy (non-hydrogen) atoms. The number of rotatable bonds is 11. The fourth-order valence-electron chi connectivity index (χ4n) is 5.92. The highest BCUT2D eigenvalue weighted by Gasteiger charge is 2.40. The molecule has 1 aromatic heterocycles. The Kier molecular flexibility index (Phi) is 10.5. The van der Waals surface area contributed by atoms with E-state index in [1.165, 1.54) is 11.1 Å². The van der Waals surface area contributed by atoms with Crippen LogP contribution in [0.15, 0.2) is 47.0 Å². The molecule has 2 aromatic carbocycles. The molecule has 4 rings (SSSR count). The van der Waals surface area contributed by atoms with E-state index in [2.05, 4.69) is 22.3 Å². The smallest absolute Gasteiger partial charge is 0.410 e. The highest BCUT2D eigenvalue weighted by molar-refractivity contribution is 5.85. The summed E-state index contributed by atoms with van der Waals surface area (Å²) >= 11 is 0. The molecule has 248 valence electrons. The molecule has 12 nitrogen and oxygen atoms in total. The number of hydrogen-bond acceptors (Lipinski definition) is 8. The number of aryl methyl sites for hydroxylation is 2.